The highest BCUT2D eigenvalue weighted by molar-refractivity contribution is 7.47. The third-order valence-electron chi connectivity index (χ3n) is 9.09. The number of phosphoric ester groups is 1. The molecule has 0 amide bonds. The van der Waals surface area contributed by atoms with E-state index in [-0.39, 0.29) is 38.6 Å². The fourth-order valence-corrected chi connectivity index (χ4v) is 6.67. The van der Waals surface area contributed by atoms with Crippen LogP contribution in [0.15, 0.2) is 24.3 Å². The first-order valence-corrected chi connectivity index (χ1v) is 22.8. The SMILES string of the molecule is CCCCCC=CCC=CCCCCCCCCCCCC(=O)OCC(COP(=O)(O)OCCN)OC(=O)CCCCCCCCCCCCCC. The molecule has 9 nitrogen and oxygen atoms in total. The summed E-state index contributed by atoms with van der Waals surface area (Å²) >= 11 is 0. The molecule has 0 bridgehead atoms. The molecule has 2 unspecified atom stereocenters. The number of carbonyl (C=O) groups excluding carboxylic acids is 2. The molecule has 0 spiro atoms. The van der Waals surface area contributed by atoms with Crippen molar-refractivity contribution in [2.75, 3.05) is 26.4 Å². The predicted molar refractivity (Wildman–Crippen MR) is 215 cm³/mol. The first-order chi connectivity index (χ1) is 25.3. The van der Waals surface area contributed by atoms with E-state index < -0.39 is 26.5 Å². The van der Waals surface area contributed by atoms with Crippen molar-refractivity contribution in [2.45, 2.75) is 206 Å². The lowest BCUT2D eigenvalue weighted by molar-refractivity contribution is -0.161. The van der Waals surface area contributed by atoms with Crippen LogP contribution in [0, 0.1) is 0 Å². The van der Waals surface area contributed by atoms with Crippen molar-refractivity contribution >= 4 is 19.8 Å². The second-order valence-electron chi connectivity index (χ2n) is 14.2. The molecule has 0 rings (SSSR count). The Morgan fingerprint density at radius 3 is 1.50 bits per heavy atom. The van der Waals surface area contributed by atoms with Crippen molar-refractivity contribution in [3.8, 4) is 0 Å². The standard InChI is InChI=1S/C42H80NO8P/c1-3-5-7-9-11-13-15-17-18-19-20-21-22-23-25-26-28-30-32-34-41(44)48-38-40(39-50-52(46,47)49-37-36-43)51-42(45)35-33-31-29-27-24-16-14-12-10-8-6-4-2/h11,13,17-18,40H,3-10,12,14-16,19-39,43H2,1-2H3,(H,46,47). The Hall–Kier alpha value is -1.51. The number of allylic oxidation sites excluding steroid dienone is 4. The Morgan fingerprint density at radius 1 is 0.577 bits per heavy atom. The zero-order valence-electron chi connectivity index (χ0n) is 33.6. The maximum absolute atomic E-state index is 12.5. The molecule has 0 aromatic rings. The van der Waals surface area contributed by atoms with Crippen molar-refractivity contribution in [2.24, 2.45) is 5.73 Å². The van der Waals surface area contributed by atoms with Crippen molar-refractivity contribution in [3.05, 3.63) is 24.3 Å². The monoisotopic (exact) mass is 758 g/mol. The summed E-state index contributed by atoms with van der Waals surface area (Å²) in [6.45, 7) is 3.71. The average molecular weight is 758 g/mol. The van der Waals surface area contributed by atoms with Crippen LogP contribution in [-0.4, -0.2) is 49.3 Å². The summed E-state index contributed by atoms with van der Waals surface area (Å²) < 4.78 is 32.7. The molecule has 0 saturated heterocycles. The molecule has 0 aromatic heterocycles. The number of esters is 2. The van der Waals surface area contributed by atoms with E-state index in [1.54, 1.807) is 0 Å². The van der Waals surface area contributed by atoms with Gasteiger partial charge in [0.1, 0.15) is 6.61 Å². The van der Waals surface area contributed by atoms with E-state index in [0.29, 0.717) is 6.42 Å². The van der Waals surface area contributed by atoms with E-state index in [4.69, 9.17) is 24.3 Å². The molecule has 306 valence electrons. The van der Waals surface area contributed by atoms with E-state index >= 15 is 0 Å². The first-order valence-electron chi connectivity index (χ1n) is 21.3. The Labute approximate surface area is 319 Å². The van der Waals surface area contributed by atoms with Crippen molar-refractivity contribution < 1.29 is 37.6 Å². The summed E-state index contributed by atoms with van der Waals surface area (Å²) in [5.41, 5.74) is 5.34. The fraction of sp³-hybridized carbons (Fsp3) is 0.857. The van der Waals surface area contributed by atoms with Crippen LogP contribution < -0.4 is 5.73 Å². The topological polar surface area (TPSA) is 134 Å². The lowest BCUT2D eigenvalue weighted by atomic mass is 10.0. The second kappa shape index (κ2) is 39.2. The van der Waals surface area contributed by atoms with E-state index in [0.717, 1.165) is 38.5 Å². The Morgan fingerprint density at radius 2 is 1.00 bits per heavy atom. The molecule has 0 radical (unpaired) electrons. The van der Waals surface area contributed by atoms with Gasteiger partial charge in [-0.25, -0.2) is 4.57 Å². The number of phosphoric acid groups is 1. The molecular weight excluding hydrogens is 677 g/mol. The molecule has 52 heavy (non-hydrogen) atoms. The molecule has 3 N–H and O–H groups in total. The highest BCUT2D eigenvalue weighted by Gasteiger charge is 2.26. The van der Waals surface area contributed by atoms with Crippen LogP contribution in [0.2, 0.25) is 0 Å². The lowest BCUT2D eigenvalue weighted by Crippen LogP contribution is -2.29. The van der Waals surface area contributed by atoms with Crippen LogP contribution in [0.25, 0.3) is 0 Å². The summed E-state index contributed by atoms with van der Waals surface area (Å²) in [5, 5.41) is 0. The number of nitrogens with two attached hydrogens (primary N) is 1. The zero-order chi connectivity index (χ0) is 38.2. The van der Waals surface area contributed by atoms with Gasteiger partial charge >= 0.3 is 19.8 Å². The molecule has 0 fully saturated rings. The third kappa shape index (κ3) is 38.2. The minimum atomic E-state index is -4.37. The highest BCUT2D eigenvalue weighted by atomic mass is 31.2. The van der Waals surface area contributed by atoms with Crippen molar-refractivity contribution in [1.29, 1.82) is 0 Å². The summed E-state index contributed by atoms with van der Waals surface area (Å²) in [7, 11) is -4.37. The number of ether oxygens (including phenoxy) is 2. The van der Waals surface area contributed by atoms with Crippen LogP contribution in [-0.2, 0) is 32.7 Å². The predicted octanol–water partition coefficient (Wildman–Crippen LogP) is 12.0. The molecule has 0 saturated carbocycles. The smallest absolute Gasteiger partial charge is 0.462 e. The molecular formula is C42H80NO8P. The summed E-state index contributed by atoms with van der Waals surface area (Å²) in [6, 6.07) is 0. The minimum Gasteiger partial charge on any atom is -0.462 e. The number of hydrogen-bond donors (Lipinski definition) is 2. The van der Waals surface area contributed by atoms with Gasteiger partial charge in [-0.05, 0) is 44.9 Å². The number of unbranched alkanes of at least 4 members (excludes halogenated alkanes) is 23. The zero-order valence-corrected chi connectivity index (χ0v) is 34.4. The van der Waals surface area contributed by atoms with Crippen LogP contribution >= 0.6 is 7.82 Å². The van der Waals surface area contributed by atoms with Gasteiger partial charge in [0.15, 0.2) is 6.10 Å². The molecule has 0 aliphatic heterocycles. The van der Waals surface area contributed by atoms with Gasteiger partial charge in [-0.2, -0.15) is 0 Å². The van der Waals surface area contributed by atoms with Gasteiger partial charge < -0.3 is 20.1 Å². The van der Waals surface area contributed by atoms with E-state index in [1.807, 2.05) is 0 Å². The van der Waals surface area contributed by atoms with E-state index in [9.17, 15) is 19.0 Å². The maximum Gasteiger partial charge on any atom is 0.472 e. The van der Waals surface area contributed by atoms with Gasteiger partial charge in [-0.1, -0.05) is 167 Å². The normalized spacial score (nSPS) is 13.5. The Kier molecular flexibility index (Phi) is 38.1. The fourth-order valence-electron chi connectivity index (χ4n) is 5.90. The van der Waals surface area contributed by atoms with Gasteiger partial charge in [-0.3, -0.25) is 18.6 Å². The minimum absolute atomic E-state index is 0.0545. The van der Waals surface area contributed by atoms with Crippen LogP contribution in [0.1, 0.15) is 200 Å². The molecule has 0 aliphatic carbocycles. The number of hydrogen-bond acceptors (Lipinski definition) is 8. The highest BCUT2D eigenvalue weighted by Crippen LogP contribution is 2.43. The van der Waals surface area contributed by atoms with Crippen LogP contribution in [0.5, 0.6) is 0 Å². The Balaban J connectivity index is 4.11. The molecule has 0 aliphatic rings. The van der Waals surface area contributed by atoms with E-state index in [1.165, 1.54) is 128 Å². The summed E-state index contributed by atoms with van der Waals surface area (Å²) in [4.78, 5) is 34.8. The van der Waals surface area contributed by atoms with Gasteiger partial charge in [-0.15, -0.1) is 0 Å². The van der Waals surface area contributed by atoms with Crippen LogP contribution in [0.4, 0.5) is 0 Å². The molecule has 2 atom stereocenters. The van der Waals surface area contributed by atoms with Gasteiger partial charge in [0, 0.05) is 19.4 Å². The molecule has 0 heterocycles. The van der Waals surface area contributed by atoms with Crippen LogP contribution in [0.3, 0.4) is 0 Å². The summed E-state index contributed by atoms with van der Waals surface area (Å²) in [5.74, 6) is -0.828. The van der Waals surface area contributed by atoms with Gasteiger partial charge in [0.2, 0.25) is 0 Å². The van der Waals surface area contributed by atoms with Crippen molar-refractivity contribution in [1.82, 2.24) is 0 Å². The van der Waals surface area contributed by atoms with Gasteiger partial charge in [0.25, 0.3) is 0 Å². The van der Waals surface area contributed by atoms with Crippen molar-refractivity contribution in [3.63, 3.8) is 0 Å². The second-order valence-corrected chi connectivity index (χ2v) is 15.7. The maximum atomic E-state index is 12.5. The first kappa shape index (κ1) is 50.5. The lowest BCUT2D eigenvalue weighted by Gasteiger charge is -2.19. The van der Waals surface area contributed by atoms with Gasteiger partial charge in [0.05, 0.1) is 13.2 Å². The summed E-state index contributed by atoms with van der Waals surface area (Å²) in [6.07, 6.45) is 40.6. The average Bonchev–Trinajstić information content (AvgIpc) is 3.13. The number of carbonyl (C=O) groups is 2. The quantitative estimate of drug-likeness (QED) is 0.0271. The van der Waals surface area contributed by atoms with E-state index in [2.05, 4.69) is 38.2 Å². The molecule has 10 heteroatoms. The molecule has 0 aromatic carbocycles. The third-order valence-corrected chi connectivity index (χ3v) is 10.1. The number of rotatable bonds is 40. The largest absolute Gasteiger partial charge is 0.472 e. The Bertz CT molecular complexity index is 912.